The SMILES string of the molecule is CCOC(=O)C(C)NP(=O)(Cc1cccc(Cn2c(O)nc3c(N)nc(OCCOC)nc32)c1)NC(C)C(=O)OCC. The highest BCUT2D eigenvalue weighted by atomic mass is 31.2. The summed E-state index contributed by atoms with van der Waals surface area (Å²) in [5.74, 6) is -1.11. The van der Waals surface area contributed by atoms with Crippen LogP contribution in [-0.2, 0) is 41.1 Å². The number of aromatic hydroxyl groups is 1. The van der Waals surface area contributed by atoms with Crippen LogP contribution in [0, 0.1) is 0 Å². The zero-order chi connectivity index (χ0) is 30.9. The first-order chi connectivity index (χ1) is 20.0. The molecule has 16 heteroatoms. The van der Waals surface area contributed by atoms with Crippen molar-refractivity contribution in [3.8, 4) is 12.0 Å². The van der Waals surface area contributed by atoms with Gasteiger partial charge in [-0.25, -0.2) is 10.2 Å². The van der Waals surface area contributed by atoms with Crippen molar-refractivity contribution in [3.63, 3.8) is 0 Å². The predicted molar refractivity (Wildman–Crippen MR) is 154 cm³/mol. The van der Waals surface area contributed by atoms with Crippen LogP contribution < -0.4 is 20.6 Å². The number of fused-ring (bicyclic) bond motifs is 1. The summed E-state index contributed by atoms with van der Waals surface area (Å²) in [6, 6.07) is 4.97. The molecule has 42 heavy (non-hydrogen) atoms. The van der Waals surface area contributed by atoms with Gasteiger partial charge < -0.3 is 29.8 Å². The minimum atomic E-state index is -3.61. The third kappa shape index (κ3) is 8.61. The number of nitrogens with zero attached hydrogens (tertiary/aromatic N) is 4. The molecular weight excluding hydrogens is 569 g/mol. The smallest absolute Gasteiger partial charge is 0.323 e. The minimum Gasteiger partial charge on any atom is -0.480 e. The Morgan fingerprint density at radius 1 is 1.02 bits per heavy atom. The third-order valence-electron chi connectivity index (χ3n) is 5.92. The number of benzene rings is 1. The lowest BCUT2D eigenvalue weighted by Crippen LogP contribution is -2.42. The van der Waals surface area contributed by atoms with E-state index in [1.54, 1.807) is 32.0 Å². The molecule has 0 saturated heterocycles. The summed E-state index contributed by atoms with van der Waals surface area (Å²) in [6.45, 7) is 7.40. The van der Waals surface area contributed by atoms with Gasteiger partial charge in [0.05, 0.1) is 32.5 Å². The molecule has 3 rings (SSSR count). The Morgan fingerprint density at radius 2 is 1.64 bits per heavy atom. The number of aromatic nitrogens is 4. The summed E-state index contributed by atoms with van der Waals surface area (Å²) >= 11 is 0. The topological polar surface area (TPSA) is 202 Å². The largest absolute Gasteiger partial charge is 0.480 e. The average molecular weight is 608 g/mol. The van der Waals surface area contributed by atoms with Gasteiger partial charge >= 0.3 is 17.9 Å². The summed E-state index contributed by atoms with van der Waals surface area (Å²) < 4.78 is 36.1. The number of nitrogens with one attached hydrogen (secondary N) is 2. The van der Waals surface area contributed by atoms with E-state index in [2.05, 4.69) is 25.1 Å². The normalized spacial score (nSPS) is 14.2. The van der Waals surface area contributed by atoms with E-state index in [1.807, 2.05) is 6.07 Å². The zero-order valence-electron chi connectivity index (χ0n) is 24.3. The van der Waals surface area contributed by atoms with Gasteiger partial charge in [0.25, 0.3) is 6.01 Å². The average Bonchev–Trinajstić information content (AvgIpc) is 3.24. The Hall–Kier alpha value is -3.78. The lowest BCUT2D eigenvalue weighted by molar-refractivity contribution is -0.145. The van der Waals surface area contributed by atoms with E-state index in [9.17, 15) is 19.3 Å². The Labute approximate surface area is 243 Å². The molecule has 0 radical (unpaired) electrons. The maximum atomic E-state index is 14.1. The lowest BCUT2D eigenvalue weighted by atomic mass is 10.1. The van der Waals surface area contributed by atoms with Gasteiger partial charge in [0.15, 0.2) is 17.0 Å². The Kier molecular flexibility index (Phi) is 11.6. The van der Waals surface area contributed by atoms with Crippen LogP contribution in [0.1, 0.15) is 38.8 Å². The first-order valence-corrected chi connectivity index (χ1v) is 15.3. The fourth-order valence-electron chi connectivity index (χ4n) is 4.08. The molecular formula is C26H38N7O8P. The highest BCUT2D eigenvalue weighted by molar-refractivity contribution is 7.59. The fraction of sp³-hybridized carbons (Fsp3) is 0.500. The molecule has 15 nitrogen and oxygen atoms in total. The highest BCUT2D eigenvalue weighted by Gasteiger charge is 2.32. The van der Waals surface area contributed by atoms with Crippen LogP contribution in [0.2, 0.25) is 0 Å². The number of nitrogens with two attached hydrogens (primary N) is 1. The number of hydrogen-bond donors (Lipinski definition) is 4. The number of esters is 2. The number of carbonyl (C=O) groups is 2. The molecule has 1 aromatic carbocycles. The van der Waals surface area contributed by atoms with Crippen molar-refractivity contribution in [1.29, 1.82) is 0 Å². The van der Waals surface area contributed by atoms with Gasteiger partial charge in [-0.05, 0) is 38.8 Å². The van der Waals surface area contributed by atoms with E-state index < -0.39 is 31.5 Å². The Balaban J connectivity index is 1.89. The minimum absolute atomic E-state index is 0.0106. The molecule has 0 aliphatic heterocycles. The number of methoxy groups -OCH3 is 1. The van der Waals surface area contributed by atoms with Crippen LogP contribution >= 0.6 is 7.44 Å². The molecule has 2 aromatic heterocycles. The van der Waals surface area contributed by atoms with E-state index >= 15 is 0 Å². The number of imidazole rings is 1. The van der Waals surface area contributed by atoms with Gasteiger partial charge in [-0.3, -0.25) is 18.7 Å². The second kappa shape index (κ2) is 14.9. The first kappa shape index (κ1) is 32.7. The molecule has 0 saturated carbocycles. The molecule has 5 N–H and O–H groups in total. The van der Waals surface area contributed by atoms with Crippen molar-refractivity contribution in [2.24, 2.45) is 0 Å². The monoisotopic (exact) mass is 607 g/mol. The van der Waals surface area contributed by atoms with E-state index in [0.29, 0.717) is 17.7 Å². The first-order valence-electron chi connectivity index (χ1n) is 13.4. The molecule has 0 aliphatic carbocycles. The molecule has 3 aromatic rings. The van der Waals surface area contributed by atoms with Gasteiger partial charge in [0.1, 0.15) is 18.7 Å². The van der Waals surface area contributed by atoms with Crippen LogP contribution in [-0.4, -0.2) is 82.2 Å². The number of nitrogen functional groups attached to an aromatic ring is 1. The zero-order valence-corrected chi connectivity index (χ0v) is 25.2. The van der Waals surface area contributed by atoms with Gasteiger partial charge in [0.2, 0.25) is 7.44 Å². The maximum Gasteiger partial charge on any atom is 0.323 e. The van der Waals surface area contributed by atoms with Crippen LogP contribution in [0.3, 0.4) is 0 Å². The second-order valence-electron chi connectivity index (χ2n) is 9.33. The van der Waals surface area contributed by atoms with E-state index in [-0.39, 0.29) is 61.5 Å². The molecule has 230 valence electrons. The summed E-state index contributed by atoms with van der Waals surface area (Å²) in [5, 5.41) is 16.3. The molecule has 2 atom stereocenters. The number of ether oxygens (including phenoxy) is 4. The van der Waals surface area contributed by atoms with Crippen molar-refractivity contribution in [1.82, 2.24) is 29.7 Å². The van der Waals surface area contributed by atoms with Crippen molar-refractivity contribution in [3.05, 3.63) is 35.4 Å². The van der Waals surface area contributed by atoms with Gasteiger partial charge in [-0.2, -0.15) is 15.0 Å². The van der Waals surface area contributed by atoms with Crippen molar-refractivity contribution in [2.75, 3.05) is 39.3 Å². The fourth-order valence-corrected chi connectivity index (χ4v) is 6.51. The van der Waals surface area contributed by atoms with Gasteiger partial charge in [0, 0.05) is 7.11 Å². The Bertz CT molecular complexity index is 1400. The van der Waals surface area contributed by atoms with E-state index in [4.69, 9.17) is 24.7 Å². The maximum absolute atomic E-state index is 14.1. The molecule has 0 amide bonds. The standard InChI is InChI=1S/C26H38N7O8P/c1-6-39-23(34)16(3)31-42(37,32-17(4)24(35)40-7-2)15-19-10-8-9-18(13-19)14-33-22-20(28-26(33)36)21(27)29-25(30-22)41-12-11-38-5/h8-10,13,16-17H,6-7,11-12,14-15H2,1-5H3,(H,28,36)(H2,27,29,30)(H2,31,32,37). The predicted octanol–water partition coefficient (Wildman–Crippen LogP) is 1.96. The van der Waals surface area contributed by atoms with Crippen LogP contribution in [0.15, 0.2) is 24.3 Å². The highest BCUT2D eigenvalue weighted by Crippen LogP contribution is 2.42. The van der Waals surface area contributed by atoms with Gasteiger partial charge in [-0.15, -0.1) is 0 Å². The third-order valence-corrected chi connectivity index (χ3v) is 8.34. The van der Waals surface area contributed by atoms with Crippen LogP contribution in [0.25, 0.3) is 11.2 Å². The summed E-state index contributed by atoms with van der Waals surface area (Å²) in [5.41, 5.74) is 7.84. The molecule has 0 spiro atoms. The van der Waals surface area contributed by atoms with Crippen LogP contribution in [0.5, 0.6) is 12.0 Å². The van der Waals surface area contributed by atoms with Crippen molar-refractivity contribution < 1.29 is 38.2 Å². The lowest BCUT2D eigenvalue weighted by Gasteiger charge is -2.26. The van der Waals surface area contributed by atoms with E-state index in [0.717, 1.165) is 0 Å². The van der Waals surface area contributed by atoms with Crippen molar-refractivity contribution >= 4 is 36.4 Å². The summed E-state index contributed by atoms with van der Waals surface area (Å²) in [6.07, 6.45) is -0.0579. The number of hydrogen-bond acceptors (Lipinski definition) is 12. The molecule has 0 fully saturated rings. The van der Waals surface area contributed by atoms with Crippen molar-refractivity contribution in [2.45, 2.75) is 52.5 Å². The second-order valence-corrected chi connectivity index (χ2v) is 11.6. The quantitative estimate of drug-likeness (QED) is 0.105. The molecule has 2 unspecified atom stereocenters. The molecule has 2 heterocycles. The number of anilines is 1. The molecule has 0 aliphatic rings. The molecule has 0 bridgehead atoms. The number of carbonyl (C=O) groups excluding carboxylic acids is 2. The summed E-state index contributed by atoms with van der Waals surface area (Å²) in [7, 11) is -2.07. The van der Waals surface area contributed by atoms with E-state index in [1.165, 1.54) is 25.5 Å². The van der Waals surface area contributed by atoms with Crippen LogP contribution in [0.4, 0.5) is 5.82 Å². The summed E-state index contributed by atoms with van der Waals surface area (Å²) in [4.78, 5) is 37.1. The van der Waals surface area contributed by atoms with Gasteiger partial charge in [-0.1, -0.05) is 24.3 Å². The Morgan fingerprint density at radius 3 is 2.24 bits per heavy atom. The number of rotatable bonds is 16.